The summed E-state index contributed by atoms with van der Waals surface area (Å²) in [5.74, 6) is -10.9. The van der Waals surface area contributed by atoms with E-state index in [1.54, 1.807) is 25.9 Å². The predicted octanol–water partition coefficient (Wildman–Crippen LogP) is -0.466. The molecule has 1 aromatic rings. The number of phenolic OH excluding ortho intramolecular Hbond substituents is 1. The van der Waals surface area contributed by atoms with Crippen LogP contribution in [0, 0.1) is 23.7 Å². The summed E-state index contributed by atoms with van der Waals surface area (Å²) >= 11 is 0. The summed E-state index contributed by atoms with van der Waals surface area (Å²) in [4.78, 5) is 78.3. The Morgan fingerprint density at radius 2 is 1.83 bits per heavy atom. The molecule has 0 aromatic heterocycles. The molecule has 36 heavy (non-hydrogen) atoms. The first kappa shape index (κ1) is 25.3. The van der Waals surface area contributed by atoms with Gasteiger partial charge in [0.25, 0.3) is 0 Å². The lowest BCUT2D eigenvalue weighted by Gasteiger charge is -2.48. The Labute approximate surface area is 206 Å². The lowest BCUT2D eigenvalue weighted by Crippen LogP contribution is -2.68. The van der Waals surface area contributed by atoms with Crippen LogP contribution in [-0.2, 0) is 25.6 Å². The minimum Gasteiger partial charge on any atom is -0.505 e. The second-order valence-corrected chi connectivity index (χ2v) is 9.76. The fourth-order valence-corrected chi connectivity index (χ4v) is 5.84. The van der Waals surface area contributed by atoms with Crippen LogP contribution in [0.3, 0.4) is 0 Å². The highest BCUT2D eigenvalue weighted by atomic mass is 16.3. The van der Waals surface area contributed by atoms with Gasteiger partial charge in [-0.05, 0) is 37.3 Å². The number of anilines is 2. The summed E-state index contributed by atoms with van der Waals surface area (Å²) < 4.78 is 0. The Kier molecular flexibility index (Phi) is 6.11. The topological polar surface area (TPSA) is 196 Å². The van der Waals surface area contributed by atoms with Crippen LogP contribution in [0.2, 0.25) is 0 Å². The van der Waals surface area contributed by atoms with Crippen molar-refractivity contribution in [1.82, 2.24) is 5.32 Å². The molecule has 0 radical (unpaired) electrons. The van der Waals surface area contributed by atoms with E-state index in [-0.39, 0.29) is 24.1 Å². The van der Waals surface area contributed by atoms with Crippen molar-refractivity contribution in [2.75, 3.05) is 30.9 Å². The standard InChI is InChI=1S/C24H28N4O8/c1-4-26-23(35)27-12-8-13(28(2)3)11-6-9-5-10-7-14(29)17(22(25)34)21(33)24(10,36)20(32)15(9)19(31)16(11)18(12)30/h8-10,15,17,30,36H,4-7H2,1-3H3,(H2,25,34)(H2,26,27,35)/t9-,10+,15?,17?,24+/m1/s1. The van der Waals surface area contributed by atoms with Gasteiger partial charge in [0, 0.05) is 38.7 Å². The van der Waals surface area contributed by atoms with Crippen LogP contribution in [0.4, 0.5) is 16.2 Å². The molecule has 3 aliphatic carbocycles. The molecule has 0 heterocycles. The van der Waals surface area contributed by atoms with E-state index in [4.69, 9.17) is 5.73 Å². The first-order chi connectivity index (χ1) is 16.8. The zero-order valence-electron chi connectivity index (χ0n) is 20.1. The highest BCUT2D eigenvalue weighted by molar-refractivity contribution is 6.31. The third kappa shape index (κ3) is 3.55. The number of phenols is 1. The number of nitrogens with zero attached hydrogens (tertiary/aromatic N) is 1. The van der Waals surface area contributed by atoms with E-state index in [1.165, 1.54) is 6.07 Å². The Bertz CT molecular complexity index is 1220. The van der Waals surface area contributed by atoms with Gasteiger partial charge in [0.05, 0.1) is 17.2 Å². The molecule has 1 aromatic carbocycles. The van der Waals surface area contributed by atoms with Crippen molar-refractivity contribution in [3.8, 4) is 5.75 Å². The maximum Gasteiger partial charge on any atom is 0.319 e. The molecular formula is C24H28N4O8. The molecule has 2 saturated carbocycles. The molecule has 5 atom stereocenters. The number of aliphatic hydroxyl groups is 1. The maximum absolute atomic E-state index is 13.7. The number of urea groups is 1. The minimum absolute atomic E-state index is 0.00753. The molecule has 12 heteroatoms. The summed E-state index contributed by atoms with van der Waals surface area (Å²) in [5.41, 5.74) is 3.22. The van der Waals surface area contributed by atoms with Crippen molar-refractivity contribution in [2.45, 2.75) is 31.8 Å². The molecule has 12 nitrogen and oxygen atoms in total. The van der Waals surface area contributed by atoms with Crippen molar-refractivity contribution in [3.05, 3.63) is 17.2 Å². The number of rotatable bonds is 4. The second kappa shape index (κ2) is 8.70. The summed E-state index contributed by atoms with van der Waals surface area (Å²) in [7, 11) is 3.43. The third-order valence-electron chi connectivity index (χ3n) is 7.45. The number of nitrogens with two attached hydrogens (primary N) is 1. The molecule has 0 aliphatic heterocycles. The van der Waals surface area contributed by atoms with Gasteiger partial charge in [-0.15, -0.1) is 0 Å². The van der Waals surface area contributed by atoms with Gasteiger partial charge >= 0.3 is 6.03 Å². The number of primary amides is 1. The van der Waals surface area contributed by atoms with Crippen molar-refractivity contribution >= 4 is 46.4 Å². The lowest BCUT2D eigenvalue weighted by molar-refractivity contribution is -0.175. The minimum atomic E-state index is -2.71. The fraction of sp³-hybridized carbons (Fsp3) is 0.500. The Morgan fingerprint density at radius 1 is 1.17 bits per heavy atom. The first-order valence-electron chi connectivity index (χ1n) is 11.6. The average Bonchev–Trinajstić information content (AvgIpc) is 2.77. The van der Waals surface area contributed by atoms with E-state index in [9.17, 15) is 39.0 Å². The average molecular weight is 501 g/mol. The molecule has 2 fully saturated rings. The number of nitrogens with one attached hydrogen (secondary N) is 2. The third-order valence-corrected chi connectivity index (χ3v) is 7.45. The van der Waals surface area contributed by atoms with Crippen LogP contribution in [0.5, 0.6) is 5.75 Å². The van der Waals surface area contributed by atoms with Gasteiger partial charge in [0.15, 0.2) is 34.7 Å². The highest BCUT2D eigenvalue weighted by Gasteiger charge is 2.66. The number of hydrogen-bond acceptors (Lipinski definition) is 9. The van der Waals surface area contributed by atoms with Gasteiger partial charge in [-0.1, -0.05) is 0 Å². The van der Waals surface area contributed by atoms with E-state index < -0.39 is 76.5 Å². The second-order valence-electron chi connectivity index (χ2n) is 9.76. The molecule has 3 amide bonds. The smallest absolute Gasteiger partial charge is 0.319 e. The van der Waals surface area contributed by atoms with Crippen molar-refractivity contribution < 1.29 is 39.0 Å². The maximum atomic E-state index is 13.7. The highest BCUT2D eigenvalue weighted by Crippen LogP contribution is 2.52. The van der Waals surface area contributed by atoms with E-state index in [0.717, 1.165) is 0 Å². The lowest BCUT2D eigenvalue weighted by atomic mass is 9.53. The first-order valence-corrected chi connectivity index (χ1v) is 11.6. The van der Waals surface area contributed by atoms with Crippen LogP contribution >= 0.6 is 0 Å². The number of fused-ring (bicyclic) bond motifs is 3. The van der Waals surface area contributed by atoms with Crippen LogP contribution in [-0.4, -0.2) is 71.5 Å². The number of aromatic hydroxyl groups is 1. The molecule has 6 N–H and O–H groups in total. The van der Waals surface area contributed by atoms with Gasteiger partial charge in [-0.3, -0.25) is 24.0 Å². The normalized spacial score (nSPS) is 29.1. The molecule has 0 saturated heterocycles. The van der Waals surface area contributed by atoms with Crippen molar-refractivity contribution in [1.29, 1.82) is 0 Å². The van der Waals surface area contributed by atoms with E-state index in [0.29, 0.717) is 17.8 Å². The van der Waals surface area contributed by atoms with E-state index in [2.05, 4.69) is 10.6 Å². The number of amides is 3. The van der Waals surface area contributed by atoms with Crippen molar-refractivity contribution in [2.24, 2.45) is 29.4 Å². The van der Waals surface area contributed by atoms with Gasteiger partial charge in [-0.25, -0.2) is 4.79 Å². The molecular weight excluding hydrogens is 472 g/mol. The Hall–Kier alpha value is -3.80. The van der Waals surface area contributed by atoms with Crippen LogP contribution in [0.25, 0.3) is 0 Å². The Morgan fingerprint density at radius 3 is 2.42 bits per heavy atom. The number of hydrogen-bond donors (Lipinski definition) is 5. The van der Waals surface area contributed by atoms with Crippen LogP contribution in [0.15, 0.2) is 6.07 Å². The number of Topliss-reactive ketones (excluding diaryl/α,β-unsaturated/α-hetero) is 4. The summed E-state index contributed by atoms with van der Waals surface area (Å²) in [6.45, 7) is 2.02. The largest absolute Gasteiger partial charge is 0.505 e. The number of ketones is 4. The van der Waals surface area contributed by atoms with E-state index in [1.807, 2.05) is 0 Å². The number of carbonyl (C=O) groups excluding carboxylic acids is 6. The zero-order chi connectivity index (χ0) is 26.7. The van der Waals surface area contributed by atoms with Gasteiger partial charge < -0.3 is 31.5 Å². The molecule has 0 spiro atoms. The summed E-state index contributed by atoms with van der Waals surface area (Å²) in [6, 6.07) is 0.905. The van der Waals surface area contributed by atoms with E-state index >= 15 is 0 Å². The molecule has 0 bridgehead atoms. The van der Waals surface area contributed by atoms with Gasteiger partial charge in [0.1, 0.15) is 5.75 Å². The zero-order valence-corrected chi connectivity index (χ0v) is 20.1. The SMILES string of the molecule is CCNC(=O)Nc1cc(N(C)C)c2c(c1O)C(=O)C1C(=O)[C@]3(O)C(=O)C(C(N)=O)C(=O)C[C@@H]3C[C@@H]1C2. The van der Waals surface area contributed by atoms with Crippen LogP contribution in [0.1, 0.15) is 35.7 Å². The number of benzene rings is 1. The number of carbonyl (C=O) groups is 6. The Balaban J connectivity index is 1.82. The van der Waals surface area contributed by atoms with Gasteiger partial charge in [0.2, 0.25) is 5.91 Å². The van der Waals surface area contributed by atoms with Crippen LogP contribution < -0.4 is 21.3 Å². The quantitative estimate of drug-likeness (QED) is 0.268. The summed E-state index contributed by atoms with van der Waals surface area (Å²) in [5, 5.41) is 27.3. The van der Waals surface area contributed by atoms with Crippen molar-refractivity contribution in [3.63, 3.8) is 0 Å². The molecule has 4 rings (SSSR count). The summed E-state index contributed by atoms with van der Waals surface area (Å²) in [6.07, 6.45) is -0.241. The molecule has 2 unspecified atom stereocenters. The van der Waals surface area contributed by atoms with Gasteiger partial charge in [-0.2, -0.15) is 0 Å². The predicted molar refractivity (Wildman–Crippen MR) is 126 cm³/mol. The molecule has 3 aliphatic rings. The fourth-order valence-electron chi connectivity index (χ4n) is 5.84. The molecule has 192 valence electrons. The monoisotopic (exact) mass is 500 g/mol.